The van der Waals surface area contributed by atoms with Gasteiger partial charge in [0.2, 0.25) is 0 Å². The number of hydrogen-bond acceptors (Lipinski definition) is 7. The van der Waals surface area contributed by atoms with Gasteiger partial charge in [-0.1, -0.05) is 13.5 Å². The van der Waals surface area contributed by atoms with Crippen molar-refractivity contribution in [2.45, 2.75) is 66.8 Å². The minimum atomic E-state index is -0.638. The first kappa shape index (κ1) is 28.0. The Hall–Kier alpha value is -4.20. The number of rotatable bonds is 9. The normalized spacial score (nSPS) is 11.4. The molecule has 0 atom stereocenters. The summed E-state index contributed by atoms with van der Waals surface area (Å²) < 4.78 is 20.3. The largest absolute Gasteiger partial charge is 0.444 e. The fraction of sp³-hybridized carbons (Fsp3) is 0.400. The van der Waals surface area contributed by atoms with E-state index in [0.29, 0.717) is 17.9 Å². The van der Waals surface area contributed by atoms with Crippen LogP contribution in [0.15, 0.2) is 36.4 Å². The lowest BCUT2D eigenvalue weighted by Crippen LogP contribution is -2.28. The highest BCUT2D eigenvalue weighted by atomic mass is 19.1. The smallest absolute Gasteiger partial charge is 0.413 e. The van der Waals surface area contributed by atoms with Gasteiger partial charge in [0.15, 0.2) is 5.69 Å². The van der Waals surface area contributed by atoms with Crippen molar-refractivity contribution in [3.63, 3.8) is 0 Å². The van der Waals surface area contributed by atoms with E-state index in [9.17, 15) is 19.2 Å². The molecule has 0 bridgehead atoms. The van der Waals surface area contributed by atoms with E-state index in [2.05, 4.69) is 32.6 Å². The third-order valence-corrected chi connectivity index (χ3v) is 4.91. The monoisotopic (exact) mass is 497 g/mol. The Morgan fingerprint density at radius 3 is 2.58 bits per heavy atom. The van der Waals surface area contributed by atoms with E-state index < -0.39 is 23.4 Å². The van der Waals surface area contributed by atoms with E-state index in [-0.39, 0.29) is 30.2 Å². The number of anilines is 1. The molecule has 0 saturated carbocycles. The maximum Gasteiger partial charge on any atom is 0.413 e. The number of nitrogens with one attached hydrogen (secondary N) is 3. The van der Waals surface area contributed by atoms with Gasteiger partial charge in [-0.2, -0.15) is 10.4 Å². The summed E-state index contributed by atoms with van der Waals surface area (Å²) in [6, 6.07) is 3.65. The maximum atomic E-state index is 13.8. The lowest BCUT2D eigenvalue weighted by atomic mass is 10.1. The van der Waals surface area contributed by atoms with Crippen LogP contribution < -0.4 is 16.0 Å². The van der Waals surface area contributed by atoms with Crippen LogP contribution in [0.1, 0.15) is 67.0 Å². The van der Waals surface area contributed by atoms with Crippen molar-refractivity contribution in [1.82, 2.24) is 25.4 Å². The Balaban J connectivity index is 2.07. The third-order valence-electron chi connectivity index (χ3n) is 4.91. The number of pyridine rings is 1. The molecule has 2 amide bonds. The number of allylic oxidation sites excluding steroid dienone is 2. The molecule has 0 fully saturated rings. The van der Waals surface area contributed by atoms with Crippen LogP contribution in [-0.2, 0) is 18.0 Å². The van der Waals surface area contributed by atoms with Crippen molar-refractivity contribution < 1.29 is 18.7 Å². The molecule has 11 heteroatoms. The lowest BCUT2D eigenvalue weighted by molar-refractivity contribution is 0.0635. The van der Waals surface area contributed by atoms with Gasteiger partial charge in [0.25, 0.3) is 5.91 Å². The minimum absolute atomic E-state index is 0.0242. The summed E-state index contributed by atoms with van der Waals surface area (Å²) in [6.45, 7) is 14.4. The highest BCUT2D eigenvalue weighted by Crippen LogP contribution is 2.18. The molecular formula is C25H32FN7O3. The van der Waals surface area contributed by atoms with Crippen LogP contribution in [0.25, 0.3) is 0 Å². The molecule has 0 unspecified atom stereocenters. The number of amides is 2. The fourth-order valence-corrected chi connectivity index (χ4v) is 3.21. The molecule has 2 rings (SSSR count). The standard InChI is InChI=1S/C25H32FN7O3/c1-8-9-20(26)17(4)29-14-33-21(11-27)19(13-30-33)23(34)28-12-18-15(2)10-22(31-16(18)3)32-24(35)36-25(5,6)7/h9-10,13,29H,4,8,12,14H2,1-3,5-7H3,(H,28,34)(H,31,32,35)/b20-9+. The van der Waals surface area contributed by atoms with Crippen molar-refractivity contribution in [3.8, 4) is 6.07 Å². The van der Waals surface area contributed by atoms with E-state index in [1.807, 2.05) is 13.0 Å². The van der Waals surface area contributed by atoms with Gasteiger partial charge in [-0.05, 0) is 64.3 Å². The predicted octanol–water partition coefficient (Wildman–Crippen LogP) is 4.37. The predicted molar refractivity (Wildman–Crippen MR) is 133 cm³/mol. The minimum Gasteiger partial charge on any atom is -0.444 e. The number of aromatic nitrogens is 3. The van der Waals surface area contributed by atoms with Crippen molar-refractivity contribution in [2.75, 3.05) is 5.32 Å². The van der Waals surface area contributed by atoms with Crippen LogP contribution in [-0.4, -0.2) is 32.4 Å². The average molecular weight is 498 g/mol. The number of carbonyl (C=O) groups excluding carboxylic acids is 2. The molecule has 0 saturated heterocycles. The lowest BCUT2D eigenvalue weighted by Gasteiger charge is -2.20. The van der Waals surface area contributed by atoms with Gasteiger partial charge in [-0.3, -0.25) is 10.1 Å². The summed E-state index contributed by atoms with van der Waals surface area (Å²) in [6.07, 6.45) is 2.56. The first-order valence-corrected chi connectivity index (χ1v) is 11.4. The van der Waals surface area contributed by atoms with Gasteiger partial charge < -0.3 is 15.4 Å². The van der Waals surface area contributed by atoms with Crippen LogP contribution in [0.3, 0.4) is 0 Å². The summed E-state index contributed by atoms with van der Waals surface area (Å²) in [4.78, 5) is 29.2. The third kappa shape index (κ3) is 7.66. The number of hydrogen-bond donors (Lipinski definition) is 3. The number of carbonyl (C=O) groups is 2. The van der Waals surface area contributed by atoms with E-state index in [1.165, 1.54) is 17.0 Å². The van der Waals surface area contributed by atoms with Gasteiger partial charge in [0.1, 0.15) is 30.0 Å². The van der Waals surface area contributed by atoms with Gasteiger partial charge in [-0.15, -0.1) is 0 Å². The van der Waals surface area contributed by atoms with Crippen LogP contribution in [0.4, 0.5) is 15.0 Å². The summed E-state index contributed by atoms with van der Waals surface area (Å²) >= 11 is 0. The quantitative estimate of drug-likeness (QED) is 0.438. The molecule has 192 valence electrons. The van der Waals surface area contributed by atoms with E-state index in [4.69, 9.17) is 4.74 Å². The van der Waals surface area contributed by atoms with Crippen molar-refractivity contribution in [3.05, 3.63) is 64.5 Å². The van der Waals surface area contributed by atoms with E-state index in [0.717, 1.165) is 11.1 Å². The molecule has 0 radical (unpaired) electrons. The molecule has 2 heterocycles. The second kappa shape index (κ2) is 12.0. The van der Waals surface area contributed by atoms with Gasteiger partial charge in [-0.25, -0.2) is 18.9 Å². The Bertz CT molecular complexity index is 1200. The molecule has 10 nitrogen and oxygen atoms in total. The van der Waals surface area contributed by atoms with Crippen molar-refractivity contribution in [2.24, 2.45) is 0 Å². The van der Waals surface area contributed by atoms with Crippen molar-refractivity contribution >= 4 is 17.8 Å². The fourth-order valence-electron chi connectivity index (χ4n) is 3.21. The number of nitrogens with zero attached hydrogens (tertiary/aromatic N) is 4. The SMILES string of the molecule is C=C(NCn1ncc(C(=O)NCc2c(C)cc(NC(=O)OC(C)(C)C)nc2C)c1C#N)/C(F)=C\CC. The Morgan fingerprint density at radius 1 is 1.31 bits per heavy atom. The number of halogens is 1. The number of aryl methyl sites for hydroxylation is 2. The highest BCUT2D eigenvalue weighted by Gasteiger charge is 2.20. The zero-order valence-corrected chi connectivity index (χ0v) is 21.5. The topological polar surface area (TPSA) is 134 Å². The van der Waals surface area contributed by atoms with E-state index in [1.54, 1.807) is 40.7 Å². The van der Waals surface area contributed by atoms with Crippen LogP contribution >= 0.6 is 0 Å². The van der Waals surface area contributed by atoms with Crippen LogP contribution in [0, 0.1) is 25.2 Å². The van der Waals surface area contributed by atoms with Gasteiger partial charge >= 0.3 is 6.09 Å². The van der Waals surface area contributed by atoms with Crippen LogP contribution in [0.2, 0.25) is 0 Å². The Labute approximate surface area is 210 Å². The van der Waals surface area contributed by atoms with Crippen LogP contribution in [0.5, 0.6) is 0 Å². The van der Waals surface area contributed by atoms with Crippen molar-refractivity contribution in [1.29, 1.82) is 5.26 Å². The molecule has 3 N–H and O–H groups in total. The zero-order valence-electron chi connectivity index (χ0n) is 21.5. The Morgan fingerprint density at radius 2 is 2.00 bits per heavy atom. The first-order chi connectivity index (χ1) is 16.9. The summed E-state index contributed by atoms with van der Waals surface area (Å²) in [7, 11) is 0. The molecular weight excluding hydrogens is 465 g/mol. The molecule has 0 aliphatic rings. The molecule has 0 aliphatic heterocycles. The van der Waals surface area contributed by atoms with Gasteiger partial charge in [0, 0.05) is 12.2 Å². The second-order valence-electron chi connectivity index (χ2n) is 8.99. The molecule has 2 aromatic heterocycles. The highest BCUT2D eigenvalue weighted by molar-refractivity contribution is 5.96. The first-order valence-electron chi connectivity index (χ1n) is 11.4. The summed E-state index contributed by atoms with van der Waals surface area (Å²) in [5.74, 6) is -0.655. The maximum absolute atomic E-state index is 13.8. The summed E-state index contributed by atoms with van der Waals surface area (Å²) in [5, 5.41) is 21.7. The average Bonchev–Trinajstić information content (AvgIpc) is 3.18. The molecule has 36 heavy (non-hydrogen) atoms. The zero-order chi connectivity index (χ0) is 27.0. The molecule has 2 aromatic rings. The number of ether oxygens (including phenoxy) is 1. The second-order valence-corrected chi connectivity index (χ2v) is 8.99. The molecule has 0 aromatic carbocycles. The molecule has 0 aliphatic carbocycles. The molecule has 0 spiro atoms. The van der Waals surface area contributed by atoms with Gasteiger partial charge in [0.05, 0.1) is 17.5 Å². The summed E-state index contributed by atoms with van der Waals surface area (Å²) in [5.41, 5.74) is 1.71. The van der Waals surface area contributed by atoms with E-state index >= 15 is 0 Å². The number of nitriles is 1. The Kier molecular flexibility index (Phi) is 9.32.